The molecule has 24 heavy (non-hydrogen) atoms. The number of rotatable bonds is 3. The number of benzene rings is 2. The number of carbonyl (C=O) groups is 2. The van der Waals surface area contributed by atoms with Gasteiger partial charge >= 0.3 is 0 Å². The molecular formula is C20H22N2O2. The molecule has 2 aromatic carbocycles. The molecule has 4 nitrogen and oxygen atoms in total. The smallest absolute Gasteiger partial charge is 0.255 e. The van der Waals surface area contributed by atoms with Crippen LogP contribution < -0.4 is 10.2 Å². The largest absolute Gasteiger partial charge is 0.322 e. The Morgan fingerprint density at radius 1 is 1.04 bits per heavy atom. The summed E-state index contributed by atoms with van der Waals surface area (Å²) in [6, 6.07) is 11.5. The Labute approximate surface area is 142 Å². The van der Waals surface area contributed by atoms with Gasteiger partial charge in [0.05, 0.1) is 0 Å². The predicted octanol–water partition coefficient (Wildman–Crippen LogP) is 3.99. The molecule has 0 aliphatic carbocycles. The van der Waals surface area contributed by atoms with E-state index < -0.39 is 0 Å². The van der Waals surface area contributed by atoms with E-state index in [0.29, 0.717) is 17.7 Å². The summed E-state index contributed by atoms with van der Waals surface area (Å²) in [5.74, 6) is 0.0195. The lowest BCUT2D eigenvalue weighted by atomic mass is 10.0. The molecular weight excluding hydrogens is 300 g/mol. The van der Waals surface area contributed by atoms with E-state index in [1.165, 1.54) is 0 Å². The first-order chi connectivity index (χ1) is 11.5. The van der Waals surface area contributed by atoms with Gasteiger partial charge in [0.15, 0.2) is 0 Å². The molecule has 1 aliphatic rings. The summed E-state index contributed by atoms with van der Waals surface area (Å²) in [7, 11) is 0. The van der Waals surface area contributed by atoms with Gasteiger partial charge in [-0.25, -0.2) is 0 Å². The number of amides is 2. The summed E-state index contributed by atoms with van der Waals surface area (Å²) in [6.45, 7) is 6.67. The van der Waals surface area contributed by atoms with Gasteiger partial charge in [-0.1, -0.05) is 23.8 Å². The lowest BCUT2D eigenvalue weighted by Crippen LogP contribution is -2.24. The molecule has 2 amide bonds. The molecule has 0 atom stereocenters. The first kappa shape index (κ1) is 16.2. The number of anilines is 2. The van der Waals surface area contributed by atoms with E-state index in [1.807, 2.05) is 62.1 Å². The van der Waals surface area contributed by atoms with Crippen LogP contribution in [0.5, 0.6) is 0 Å². The first-order valence-corrected chi connectivity index (χ1v) is 8.25. The van der Waals surface area contributed by atoms with Crippen molar-refractivity contribution in [3.8, 4) is 0 Å². The maximum absolute atomic E-state index is 12.5. The van der Waals surface area contributed by atoms with Crippen molar-refractivity contribution in [1.82, 2.24) is 0 Å². The molecule has 1 fully saturated rings. The minimum absolute atomic E-state index is 0.130. The Morgan fingerprint density at radius 3 is 2.50 bits per heavy atom. The van der Waals surface area contributed by atoms with E-state index >= 15 is 0 Å². The van der Waals surface area contributed by atoms with Crippen LogP contribution in [0.3, 0.4) is 0 Å². The van der Waals surface area contributed by atoms with Gasteiger partial charge in [0.25, 0.3) is 5.91 Å². The molecule has 0 aromatic heterocycles. The van der Waals surface area contributed by atoms with Crippen LogP contribution in [0.25, 0.3) is 0 Å². The lowest BCUT2D eigenvalue weighted by molar-refractivity contribution is -0.117. The number of nitrogens with zero attached hydrogens (tertiary/aromatic N) is 1. The third-order valence-electron chi connectivity index (χ3n) is 4.46. The topological polar surface area (TPSA) is 49.4 Å². The third-order valence-corrected chi connectivity index (χ3v) is 4.46. The standard InChI is InChI=1S/C20H22N2O2/c1-13-6-9-17(15(3)11-13)20(24)21-16-8-7-14(2)18(12-16)22-10-4-5-19(22)23/h6-9,11-12H,4-5,10H2,1-3H3,(H,21,24). The zero-order valence-electron chi connectivity index (χ0n) is 14.3. The van der Waals surface area contributed by atoms with Crippen molar-refractivity contribution >= 4 is 23.2 Å². The highest BCUT2D eigenvalue weighted by molar-refractivity contribution is 6.06. The number of nitrogens with one attached hydrogen (secondary N) is 1. The molecule has 1 aliphatic heterocycles. The Balaban J connectivity index is 1.85. The van der Waals surface area contributed by atoms with Gasteiger partial charge in [-0.2, -0.15) is 0 Å². The number of aryl methyl sites for hydroxylation is 3. The van der Waals surface area contributed by atoms with Gasteiger partial charge in [-0.05, 0) is 56.5 Å². The second kappa shape index (κ2) is 6.48. The average Bonchev–Trinajstić information content (AvgIpc) is 2.95. The molecule has 2 aromatic rings. The number of hydrogen-bond acceptors (Lipinski definition) is 2. The Hall–Kier alpha value is -2.62. The minimum Gasteiger partial charge on any atom is -0.322 e. The number of hydrogen-bond donors (Lipinski definition) is 1. The average molecular weight is 322 g/mol. The Morgan fingerprint density at radius 2 is 1.83 bits per heavy atom. The van der Waals surface area contributed by atoms with Gasteiger partial charge in [-0.15, -0.1) is 0 Å². The van der Waals surface area contributed by atoms with Crippen LogP contribution in [0.15, 0.2) is 36.4 Å². The zero-order valence-corrected chi connectivity index (χ0v) is 14.3. The fourth-order valence-corrected chi connectivity index (χ4v) is 3.15. The van der Waals surface area contributed by atoms with E-state index in [9.17, 15) is 9.59 Å². The van der Waals surface area contributed by atoms with Gasteiger partial charge in [0.1, 0.15) is 0 Å². The van der Waals surface area contributed by atoms with Crippen LogP contribution in [0, 0.1) is 20.8 Å². The fourth-order valence-electron chi connectivity index (χ4n) is 3.15. The molecule has 0 saturated carbocycles. The van der Waals surface area contributed by atoms with Crippen molar-refractivity contribution in [2.45, 2.75) is 33.6 Å². The van der Waals surface area contributed by atoms with E-state index in [2.05, 4.69) is 5.32 Å². The fraction of sp³-hybridized carbons (Fsp3) is 0.300. The lowest BCUT2D eigenvalue weighted by Gasteiger charge is -2.19. The van der Waals surface area contributed by atoms with Crippen molar-refractivity contribution < 1.29 is 9.59 Å². The molecule has 1 N–H and O–H groups in total. The molecule has 0 bridgehead atoms. The molecule has 1 heterocycles. The summed E-state index contributed by atoms with van der Waals surface area (Å²) in [4.78, 5) is 26.3. The van der Waals surface area contributed by atoms with Crippen LogP contribution >= 0.6 is 0 Å². The van der Waals surface area contributed by atoms with Crippen LogP contribution in [-0.4, -0.2) is 18.4 Å². The van der Waals surface area contributed by atoms with Crippen molar-refractivity contribution in [2.75, 3.05) is 16.8 Å². The molecule has 3 rings (SSSR count). The summed E-state index contributed by atoms with van der Waals surface area (Å²) in [5, 5.41) is 2.95. The molecule has 4 heteroatoms. The maximum Gasteiger partial charge on any atom is 0.255 e. The van der Waals surface area contributed by atoms with E-state index in [-0.39, 0.29) is 11.8 Å². The summed E-state index contributed by atoms with van der Waals surface area (Å²) < 4.78 is 0. The minimum atomic E-state index is -0.130. The van der Waals surface area contributed by atoms with Gasteiger partial charge in [0, 0.05) is 29.9 Å². The Bertz CT molecular complexity index is 811. The molecule has 1 saturated heterocycles. The first-order valence-electron chi connectivity index (χ1n) is 8.25. The summed E-state index contributed by atoms with van der Waals surface area (Å²) in [6.07, 6.45) is 1.48. The second-order valence-electron chi connectivity index (χ2n) is 6.42. The molecule has 0 radical (unpaired) electrons. The van der Waals surface area contributed by atoms with Crippen LogP contribution in [-0.2, 0) is 4.79 Å². The van der Waals surface area contributed by atoms with Crippen molar-refractivity contribution in [1.29, 1.82) is 0 Å². The maximum atomic E-state index is 12.5. The Kier molecular flexibility index (Phi) is 4.38. The van der Waals surface area contributed by atoms with Gasteiger partial charge < -0.3 is 10.2 Å². The zero-order chi connectivity index (χ0) is 17.3. The van der Waals surface area contributed by atoms with Crippen LogP contribution in [0.1, 0.15) is 39.9 Å². The van der Waals surface area contributed by atoms with Gasteiger partial charge in [-0.3, -0.25) is 9.59 Å². The third kappa shape index (κ3) is 3.18. The summed E-state index contributed by atoms with van der Waals surface area (Å²) >= 11 is 0. The van der Waals surface area contributed by atoms with Crippen LogP contribution in [0.4, 0.5) is 11.4 Å². The molecule has 124 valence electrons. The SMILES string of the molecule is Cc1ccc(C(=O)Nc2ccc(C)c(N3CCCC3=O)c2)c(C)c1. The van der Waals surface area contributed by atoms with Gasteiger partial charge in [0.2, 0.25) is 5.91 Å². The van der Waals surface area contributed by atoms with Crippen LogP contribution in [0.2, 0.25) is 0 Å². The number of carbonyl (C=O) groups excluding carboxylic acids is 2. The summed E-state index contributed by atoms with van der Waals surface area (Å²) in [5.41, 5.74) is 5.38. The van der Waals surface area contributed by atoms with Crippen molar-refractivity contribution in [3.63, 3.8) is 0 Å². The van der Waals surface area contributed by atoms with Crippen molar-refractivity contribution in [2.24, 2.45) is 0 Å². The van der Waals surface area contributed by atoms with E-state index in [0.717, 1.165) is 35.3 Å². The monoisotopic (exact) mass is 322 g/mol. The predicted molar refractivity (Wildman–Crippen MR) is 96.6 cm³/mol. The normalized spacial score (nSPS) is 14.1. The molecule has 0 unspecified atom stereocenters. The quantitative estimate of drug-likeness (QED) is 0.929. The van der Waals surface area contributed by atoms with Crippen molar-refractivity contribution in [3.05, 3.63) is 58.7 Å². The molecule has 0 spiro atoms. The van der Waals surface area contributed by atoms with E-state index in [4.69, 9.17) is 0 Å². The second-order valence-corrected chi connectivity index (χ2v) is 6.42. The van der Waals surface area contributed by atoms with E-state index in [1.54, 1.807) is 0 Å². The highest BCUT2D eigenvalue weighted by Gasteiger charge is 2.23. The highest BCUT2D eigenvalue weighted by atomic mass is 16.2. The highest BCUT2D eigenvalue weighted by Crippen LogP contribution is 2.28.